The van der Waals surface area contributed by atoms with E-state index in [0.717, 1.165) is 37.3 Å². The molecule has 0 bridgehead atoms. The third kappa shape index (κ3) is 3.85. The van der Waals surface area contributed by atoms with Crippen molar-refractivity contribution in [3.8, 4) is 5.75 Å². The molecular formula is C14H16F4O. The van der Waals surface area contributed by atoms with Gasteiger partial charge in [-0.1, -0.05) is 25.8 Å². The molecule has 2 rings (SSSR count). The molecule has 106 valence electrons. The largest absolute Gasteiger partial charge is 0.573 e. The van der Waals surface area contributed by atoms with Crippen molar-refractivity contribution in [1.29, 1.82) is 0 Å². The molecule has 0 N–H and O–H groups in total. The number of hydrogen-bond donors (Lipinski definition) is 0. The summed E-state index contributed by atoms with van der Waals surface area (Å²) in [5.74, 6) is -0.798. The van der Waals surface area contributed by atoms with Crippen LogP contribution < -0.4 is 4.74 Å². The molecule has 0 radical (unpaired) electrons. The van der Waals surface area contributed by atoms with E-state index in [1.807, 2.05) is 0 Å². The topological polar surface area (TPSA) is 9.23 Å². The Labute approximate surface area is 109 Å². The fourth-order valence-electron chi connectivity index (χ4n) is 2.57. The zero-order valence-electron chi connectivity index (χ0n) is 10.6. The van der Waals surface area contributed by atoms with E-state index >= 15 is 0 Å². The smallest absolute Gasteiger partial charge is 0.403 e. The van der Waals surface area contributed by atoms with Gasteiger partial charge in [-0.2, -0.15) is 0 Å². The molecule has 19 heavy (non-hydrogen) atoms. The van der Waals surface area contributed by atoms with Crippen molar-refractivity contribution >= 4 is 0 Å². The van der Waals surface area contributed by atoms with Crippen LogP contribution in [0.15, 0.2) is 18.2 Å². The van der Waals surface area contributed by atoms with Gasteiger partial charge in [-0.3, -0.25) is 0 Å². The second kappa shape index (κ2) is 5.39. The maximum atomic E-state index is 13.6. The van der Waals surface area contributed by atoms with Crippen molar-refractivity contribution in [1.82, 2.24) is 0 Å². The van der Waals surface area contributed by atoms with Gasteiger partial charge in [0.1, 0.15) is 0 Å². The first-order valence-corrected chi connectivity index (χ1v) is 6.40. The Bertz CT molecular complexity index is 434. The minimum absolute atomic E-state index is 0.241. The van der Waals surface area contributed by atoms with Crippen molar-refractivity contribution < 1.29 is 22.3 Å². The normalized spacial score (nSPS) is 24.3. The minimum Gasteiger partial charge on any atom is -0.403 e. The van der Waals surface area contributed by atoms with E-state index in [9.17, 15) is 17.6 Å². The third-order valence-corrected chi connectivity index (χ3v) is 3.67. The summed E-state index contributed by atoms with van der Waals surface area (Å²) in [5.41, 5.74) is 0.763. The van der Waals surface area contributed by atoms with Crippen LogP contribution in [0.1, 0.15) is 44.1 Å². The van der Waals surface area contributed by atoms with Gasteiger partial charge in [0.05, 0.1) is 0 Å². The monoisotopic (exact) mass is 276 g/mol. The predicted octanol–water partition coefficient (Wildman–Crippen LogP) is 5.02. The lowest BCUT2D eigenvalue weighted by Crippen LogP contribution is -2.18. The van der Waals surface area contributed by atoms with Crippen LogP contribution in [0.2, 0.25) is 0 Å². The molecule has 0 amide bonds. The number of hydrogen-bond acceptors (Lipinski definition) is 1. The second-order valence-electron chi connectivity index (χ2n) is 5.19. The summed E-state index contributed by atoms with van der Waals surface area (Å²) < 4.78 is 53.3. The molecule has 5 heteroatoms. The molecule has 0 heterocycles. The van der Waals surface area contributed by atoms with Gasteiger partial charge in [-0.25, -0.2) is 4.39 Å². The maximum absolute atomic E-state index is 13.6. The highest BCUT2D eigenvalue weighted by molar-refractivity contribution is 5.31. The van der Waals surface area contributed by atoms with Gasteiger partial charge in [0.2, 0.25) is 0 Å². The SMILES string of the molecule is CC1CCC(c2ccc(OC(F)(F)F)c(F)c2)CC1. The maximum Gasteiger partial charge on any atom is 0.573 e. The van der Waals surface area contributed by atoms with Crippen molar-refractivity contribution in [2.75, 3.05) is 0 Å². The fraction of sp³-hybridized carbons (Fsp3) is 0.571. The molecular weight excluding hydrogens is 260 g/mol. The van der Waals surface area contributed by atoms with E-state index < -0.39 is 17.9 Å². The predicted molar refractivity (Wildman–Crippen MR) is 63.5 cm³/mol. The number of halogens is 4. The van der Waals surface area contributed by atoms with Crippen LogP contribution in [0.25, 0.3) is 0 Å². The fourth-order valence-corrected chi connectivity index (χ4v) is 2.57. The number of ether oxygens (including phenoxy) is 1. The second-order valence-corrected chi connectivity index (χ2v) is 5.19. The van der Waals surface area contributed by atoms with E-state index in [2.05, 4.69) is 11.7 Å². The molecule has 1 aromatic rings. The van der Waals surface area contributed by atoms with Crippen LogP contribution in [0, 0.1) is 11.7 Å². The van der Waals surface area contributed by atoms with Gasteiger partial charge in [0.25, 0.3) is 0 Å². The Balaban J connectivity index is 2.10. The summed E-state index contributed by atoms with van der Waals surface area (Å²) in [5, 5.41) is 0. The molecule has 0 atom stereocenters. The molecule has 1 fully saturated rings. The van der Waals surface area contributed by atoms with Crippen molar-refractivity contribution in [2.24, 2.45) is 5.92 Å². The first-order chi connectivity index (χ1) is 8.85. The molecule has 1 nitrogen and oxygen atoms in total. The lowest BCUT2D eigenvalue weighted by atomic mass is 9.79. The van der Waals surface area contributed by atoms with E-state index in [-0.39, 0.29) is 5.92 Å². The Hall–Kier alpha value is -1.26. The van der Waals surface area contributed by atoms with Crippen molar-refractivity contribution in [3.63, 3.8) is 0 Å². The Kier molecular flexibility index (Phi) is 4.02. The van der Waals surface area contributed by atoms with E-state index in [1.54, 1.807) is 0 Å². The van der Waals surface area contributed by atoms with Crippen LogP contribution in [0.4, 0.5) is 17.6 Å². The summed E-state index contributed by atoms with van der Waals surface area (Å²) in [7, 11) is 0. The van der Waals surface area contributed by atoms with Crippen LogP contribution in [-0.4, -0.2) is 6.36 Å². The lowest BCUT2D eigenvalue weighted by molar-refractivity contribution is -0.275. The molecule has 1 aromatic carbocycles. The minimum atomic E-state index is -4.86. The van der Waals surface area contributed by atoms with Gasteiger partial charge in [-0.05, 0) is 42.4 Å². The Morgan fingerprint density at radius 2 is 1.74 bits per heavy atom. The molecule has 0 unspecified atom stereocenters. The van der Waals surface area contributed by atoms with Gasteiger partial charge < -0.3 is 4.74 Å². The molecule has 0 saturated heterocycles. The average molecular weight is 276 g/mol. The van der Waals surface area contributed by atoms with E-state index in [0.29, 0.717) is 5.92 Å². The summed E-state index contributed by atoms with van der Waals surface area (Å²) in [6.45, 7) is 2.18. The number of rotatable bonds is 2. The van der Waals surface area contributed by atoms with Gasteiger partial charge >= 0.3 is 6.36 Å². The number of alkyl halides is 3. The third-order valence-electron chi connectivity index (χ3n) is 3.67. The number of benzene rings is 1. The summed E-state index contributed by atoms with van der Waals surface area (Å²) in [6.07, 6.45) is -0.789. The Morgan fingerprint density at radius 1 is 1.11 bits per heavy atom. The van der Waals surface area contributed by atoms with Gasteiger partial charge in [-0.15, -0.1) is 13.2 Å². The van der Waals surface area contributed by atoms with E-state index in [4.69, 9.17) is 0 Å². The highest BCUT2D eigenvalue weighted by Gasteiger charge is 2.32. The van der Waals surface area contributed by atoms with Crippen molar-refractivity contribution in [2.45, 2.75) is 44.9 Å². The molecule has 1 aliphatic rings. The zero-order chi connectivity index (χ0) is 14.0. The zero-order valence-corrected chi connectivity index (χ0v) is 10.6. The quantitative estimate of drug-likeness (QED) is 0.689. The first-order valence-electron chi connectivity index (χ1n) is 6.40. The van der Waals surface area contributed by atoms with Gasteiger partial charge in [0.15, 0.2) is 11.6 Å². The van der Waals surface area contributed by atoms with Crippen molar-refractivity contribution in [3.05, 3.63) is 29.6 Å². The molecule has 1 saturated carbocycles. The van der Waals surface area contributed by atoms with Crippen LogP contribution >= 0.6 is 0 Å². The van der Waals surface area contributed by atoms with Gasteiger partial charge in [0, 0.05) is 0 Å². The first kappa shape index (κ1) is 14.2. The molecule has 1 aliphatic carbocycles. The van der Waals surface area contributed by atoms with Crippen LogP contribution in [0.5, 0.6) is 5.75 Å². The lowest BCUT2D eigenvalue weighted by Gasteiger charge is -2.26. The average Bonchev–Trinajstić information content (AvgIpc) is 2.31. The summed E-state index contributed by atoms with van der Waals surface area (Å²) in [6, 6.07) is 3.77. The summed E-state index contributed by atoms with van der Waals surface area (Å²) >= 11 is 0. The standard InChI is InChI=1S/C14H16F4O/c1-9-2-4-10(5-3-9)11-6-7-13(12(15)8-11)19-14(16,17)18/h6-10H,2-5H2,1H3. The molecule has 0 aliphatic heterocycles. The molecule has 0 aromatic heterocycles. The highest BCUT2D eigenvalue weighted by atomic mass is 19.4. The van der Waals surface area contributed by atoms with Crippen LogP contribution in [0.3, 0.4) is 0 Å². The summed E-state index contributed by atoms with van der Waals surface area (Å²) in [4.78, 5) is 0. The van der Waals surface area contributed by atoms with E-state index in [1.165, 1.54) is 12.1 Å². The highest BCUT2D eigenvalue weighted by Crippen LogP contribution is 2.37. The van der Waals surface area contributed by atoms with Crippen LogP contribution in [-0.2, 0) is 0 Å². The Morgan fingerprint density at radius 3 is 2.26 bits per heavy atom. The molecule has 0 spiro atoms.